The molecule has 0 aliphatic heterocycles. The summed E-state index contributed by atoms with van der Waals surface area (Å²) in [4.78, 5) is 32.3. The Labute approximate surface area is 196 Å². The maximum absolute atomic E-state index is 12.4. The van der Waals surface area contributed by atoms with Crippen LogP contribution in [0.4, 0.5) is 17.2 Å². The van der Waals surface area contributed by atoms with Crippen molar-refractivity contribution in [1.82, 2.24) is 9.97 Å². The summed E-state index contributed by atoms with van der Waals surface area (Å²) in [5.41, 5.74) is 9.10. The molecule has 4 rings (SSSR count). The van der Waals surface area contributed by atoms with Crippen LogP contribution in [0.5, 0.6) is 11.6 Å². The summed E-state index contributed by atoms with van der Waals surface area (Å²) in [5, 5.41) is 5.54. The number of nitrogens with two attached hydrogens (primary N) is 1. The normalized spacial score (nSPS) is 10.2. The standard InChI is InChI=1S/C26H21N5O3/c1-2-22(32)30-20-9-6-10-21(15-20)34-26-23(24(27)28-16-29-26)17-11-13-19(14-12-17)31-25(33)18-7-4-3-5-8-18/h2-16H,1H2,(H,30,32)(H,31,33)(H2,27,28,29). The Kier molecular flexibility index (Phi) is 6.60. The Morgan fingerprint density at radius 1 is 0.882 bits per heavy atom. The first-order valence-electron chi connectivity index (χ1n) is 10.3. The molecule has 168 valence electrons. The summed E-state index contributed by atoms with van der Waals surface area (Å²) >= 11 is 0. The summed E-state index contributed by atoms with van der Waals surface area (Å²) in [6.45, 7) is 3.44. The van der Waals surface area contributed by atoms with Gasteiger partial charge in [0.05, 0.1) is 5.56 Å². The summed E-state index contributed by atoms with van der Waals surface area (Å²) in [5.74, 6) is 0.405. The summed E-state index contributed by atoms with van der Waals surface area (Å²) in [7, 11) is 0. The molecule has 0 fully saturated rings. The van der Waals surface area contributed by atoms with Gasteiger partial charge >= 0.3 is 0 Å². The number of nitrogens with one attached hydrogen (secondary N) is 2. The number of hydrogen-bond donors (Lipinski definition) is 3. The van der Waals surface area contributed by atoms with E-state index in [1.165, 1.54) is 12.4 Å². The van der Waals surface area contributed by atoms with Crippen LogP contribution in [0.2, 0.25) is 0 Å². The van der Waals surface area contributed by atoms with Gasteiger partial charge in [0, 0.05) is 23.0 Å². The first-order chi connectivity index (χ1) is 16.5. The lowest BCUT2D eigenvalue weighted by molar-refractivity contribution is -0.111. The zero-order chi connectivity index (χ0) is 23.9. The number of rotatable bonds is 7. The van der Waals surface area contributed by atoms with Crippen LogP contribution in [0, 0.1) is 0 Å². The Morgan fingerprint density at radius 3 is 2.38 bits per heavy atom. The van der Waals surface area contributed by atoms with E-state index in [9.17, 15) is 9.59 Å². The first kappa shape index (κ1) is 22.2. The van der Waals surface area contributed by atoms with Crippen molar-refractivity contribution in [1.29, 1.82) is 0 Å². The van der Waals surface area contributed by atoms with Crippen LogP contribution in [-0.2, 0) is 4.79 Å². The second-order valence-electron chi connectivity index (χ2n) is 7.16. The number of hydrogen-bond acceptors (Lipinski definition) is 6. The largest absolute Gasteiger partial charge is 0.438 e. The summed E-state index contributed by atoms with van der Waals surface area (Å²) in [6.07, 6.45) is 2.49. The molecule has 34 heavy (non-hydrogen) atoms. The van der Waals surface area contributed by atoms with Gasteiger partial charge in [0.25, 0.3) is 5.91 Å². The van der Waals surface area contributed by atoms with Crippen molar-refractivity contribution in [2.24, 2.45) is 0 Å². The minimum Gasteiger partial charge on any atom is -0.438 e. The van der Waals surface area contributed by atoms with Crippen molar-refractivity contribution in [3.05, 3.63) is 103 Å². The van der Waals surface area contributed by atoms with Crippen LogP contribution in [0.15, 0.2) is 97.8 Å². The number of anilines is 3. The van der Waals surface area contributed by atoms with Crippen LogP contribution in [0.25, 0.3) is 11.1 Å². The van der Waals surface area contributed by atoms with Gasteiger partial charge in [0.2, 0.25) is 11.8 Å². The molecule has 0 atom stereocenters. The number of ether oxygens (including phenoxy) is 1. The molecule has 0 unspecified atom stereocenters. The molecule has 0 spiro atoms. The van der Waals surface area contributed by atoms with Crippen molar-refractivity contribution in [2.45, 2.75) is 0 Å². The number of carbonyl (C=O) groups excluding carboxylic acids is 2. The van der Waals surface area contributed by atoms with E-state index in [4.69, 9.17) is 10.5 Å². The van der Waals surface area contributed by atoms with Gasteiger partial charge in [-0.15, -0.1) is 0 Å². The molecular formula is C26H21N5O3. The SMILES string of the molecule is C=CC(=O)Nc1cccc(Oc2ncnc(N)c2-c2ccc(NC(=O)c3ccccc3)cc2)c1. The molecule has 0 saturated heterocycles. The molecule has 0 radical (unpaired) electrons. The molecule has 4 N–H and O–H groups in total. The van der Waals surface area contributed by atoms with E-state index in [2.05, 4.69) is 27.2 Å². The van der Waals surface area contributed by atoms with Crippen LogP contribution in [0.3, 0.4) is 0 Å². The maximum Gasteiger partial charge on any atom is 0.255 e. The third kappa shape index (κ3) is 5.25. The molecule has 0 aliphatic carbocycles. The Hall–Kier alpha value is -4.98. The van der Waals surface area contributed by atoms with Crippen molar-refractivity contribution in [2.75, 3.05) is 16.4 Å². The molecule has 1 heterocycles. The van der Waals surface area contributed by atoms with Gasteiger partial charge in [-0.3, -0.25) is 9.59 Å². The van der Waals surface area contributed by atoms with Crippen molar-refractivity contribution in [3.63, 3.8) is 0 Å². The van der Waals surface area contributed by atoms with Crippen LogP contribution in [-0.4, -0.2) is 21.8 Å². The second kappa shape index (κ2) is 10.1. The van der Waals surface area contributed by atoms with E-state index in [0.29, 0.717) is 33.8 Å². The lowest BCUT2D eigenvalue weighted by atomic mass is 10.1. The monoisotopic (exact) mass is 451 g/mol. The van der Waals surface area contributed by atoms with E-state index in [1.54, 1.807) is 72.8 Å². The van der Waals surface area contributed by atoms with Crippen molar-refractivity contribution in [3.8, 4) is 22.8 Å². The molecule has 4 aromatic rings. The summed E-state index contributed by atoms with van der Waals surface area (Å²) in [6, 6.07) is 22.9. The zero-order valence-corrected chi connectivity index (χ0v) is 18.1. The average molecular weight is 451 g/mol. The van der Waals surface area contributed by atoms with Gasteiger partial charge in [-0.05, 0) is 48.0 Å². The highest BCUT2D eigenvalue weighted by molar-refractivity contribution is 6.04. The number of amides is 2. The number of aromatic nitrogens is 2. The molecular weight excluding hydrogens is 430 g/mol. The van der Waals surface area contributed by atoms with E-state index in [-0.39, 0.29) is 23.5 Å². The minimum absolute atomic E-state index is 0.205. The third-order valence-electron chi connectivity index (χ3n) is 4.81. The minimum atomic E-state index is -0.330. The van der Waals surface area contributed by atoms with Gasteiger partial charge in [0.15, 0.2) is 0 Å². The number of nitrogen functional groups attached to an aromatic ring is 1. The van der Waals surface area contributed by atoms with E-state index >= 15 is 0 Å². The molecule has 8 heteroatoms. The van der Waals surface area contributed by atoms with Gasteiger partial charge in [0.1, 0.15) is 17.9 Å². The molecule has 8 nitrogen and oxygen atoms in total. The molecule has 0 bridgehead atoms. The number of carbonyl (C=O) groups is 2. The van der Waals surface area contributed by atoms with E-state index < -0.39 is 0 Å². The van der Waals surface area contributed by atoms with Gasteiger partial charge in [-0.2, -0.15) is 0 Å². The number of nitrogens with zero attached hydrogens (tertiary/aromatic N) is 2. The predicted molar refractivity (Wildman–Crippen MR) is 132 cm³/mol. The van der Waals surface area contributed by atoms with Crippen LogP contribution in [0.1, 0.15) is 10.4 Å². The Bertz CT molecular complexity index is 1340. The smallest absolute Gasteiger partial charge is 0.255 e. The van der Waals surface area contributed by atoms with Gasteiger partial charge in [-0.1, -0.05) is 43.0 Å². The fourth-order valence-electron chi connectivity index (χ4n) is 3.19. The van der Waals surface area contributed by atoms with Crippen molar-refractivity contribution < 1.29 is 14.3 Å². The van der Waals surface area contributed by atoms with Crippen LogP contribution < -0.4 is 21.1 Å². The second-order valence-corrected chi connectivity index (χ2v) is 7.16. The highest BCUT2D eigenvalue weighted by Crippen LogP contribution is 2.35. The van der Waals surface area contributed by atoms with Crippen molar-refractivity contribution >= 4 is 29.0 Å². The fourth-order valence-corrected chi connectivity index (χ4v) is 3.19. The van der Waals surface area contributed by atoms with E-state index in [0.717, 1.165) is 0 Å². The maximum atomic E-state index is 12.4. The quantitative estimate of drug-likeness (QED) is 0.344. The Morgan fingerprint density at radius 2 is 1.65 bits per heavy atom. The predicted octanol–water partition coefficient (Wildman–Crippen LogP) is 4.89. The topological polar surface area (TPSA) is 119 Å². The third-order valence-corrected chi connectivity index (χ3v) is 4.81. The highest BCUT2D eigenvalue weighted by Gasteiger charge is 2.15. The lowest BCUT2D eigenvalue weighted by Gasteiger charge is -2.13. The van der Waals surface area contributed by atoms with Gasteiger partial charge in [-0.25, -0.2) is 9.97 Å². The van der Waals surface area contributed by atoms with Crippen LogP contribution >= 0.6 is 0 Å². The number of benzene rings is 3. The molecule has 3 aromatic carbocycles. The molecule has 0 aliphatic rings. The zero-order valence-electron chi connectivity index (χ0n) is 18.1. The Balaban J connectivity index is 1.56. The van der Waals surface area contributed by atoms with Gasteiger partial charge < -0.3 is 21.1 Å². The molecule has 0 saturated carbocycles. The summed E-state index contributed by atoms with van der Waals surface area (Å²) < 4.78 is 5.98. The lowest BCUT2D eigenvalue weighted by Crippen LogP contribution is -2.11. The van der Waals surface area contributed by atoms with E-state index in [1.807, 2.05) is 6.07 Å². The molecule has 2 amide bonds. The first-order valence-corrected chi connectivity index (χ1v) is 10.3. The fraction of sp³-hybridized carbons (Fsp3) is 0. The highest BCUT2D eigenvalue weighted by atomic mass is 16.5. The average Bonchev–Trinajstić information content (AvgIpc) is 2.85. The molecule has 1 aromatic heterocycles.